The number of carbonyl (C=O) groups is 1. The van der Waals surface area contributed by atoms with Crippen LogP contribution in [0.5, 0.6) is 0 Å². The summed E-state index contributed by atoms with van der Waals surface area (Å²) in [4.78, 5) is 15.8. The predicted octanol–water partition coefficient (Wildman–Crippen LogP) is 1.65. The minimum Gasteiger partial charge on any atom is -0.344 e. The molecule has 5 nitrogen and oxygen atoms in total. The lowest BCUT2D eigenvalue weighted by Crippen LogP contribution is -2.34. The Morgan fingerprint density at radius 1 is 1.44 bits per heavy atom. The summed E-state index contributed by atoms with van der Waals surface area (Å²) in [5.74, 6) is 0.357. The minimum atomic E-state index is -0.251. The minimum absolute atomic E-state index is 0.0559. The molecule has 0 atom stereocenters. The van der Waals surface area contributed by atoms with Crippen LogP contribution in [-0.4, -0.2) is 21.6 Å². The van der Waals surface area contributed by atoms with E-state index in [-0.39, 0.29) is 22.7 Å². The first-order valence-electron chi connectivity index (χ1n) is 5.47. The van der Waals surface area contributed by atoms with Gasteiger partial charge in [0.1, 0.15) is 0 Å². The molecule has 1 fully saturated rings. The van der Waals surface area contributed by atoms with Crippen molar-refractivity contribution < 1.29 is 9.32 Å². The Morgan fingerprint density at radius 3 is 2.50 bits per heavy atom. The molecular weight excluding hydrogens is 206 g/mol. The number of carbonyl (C=O) groups excluding carboxylic acids is 1. The molecule has 0 saturated heterocycles. The number of aromatic nitrogens is 2. The van der Waals surface area contributed by atoms with Crippen molar-refractivity contribution in [2.45, 2.75) is 51.5 Å². The van der Waals surface area contributed by atoms with Crippen molar-refractivity contribution in [2.24, 2.45) is 0 Å². The molecule has 1 heterocycles. The smallest absolute Gasteiger partial charge is 0.293 e. The average Bonchev–Trinajstić information content (AvgIpc) is 2.68. The molecule has 0 spiro atoms. The van der Waals surface area contributed by atoms with Crippen molar-refractivity contribution in [3.63, 3.8) is 0 Å². The maximum atomic E-state index is 11.7. The van der Waals surface area contributed by atoms with Crippen molar-refractivity contribution in [1.29, 1.82) is 0 Å². The first-order chi connectivity index (χ1) is 7.30. The van der Waals surface area contributed by atoms with Gasteiger partial charge in [-0.2, -0.15) is 4.98 Å². The Morgan fingerprint density at radius 2 is 2.06 bits per heavy atom. The van der Waals surface area contributed by atoms with Gasteiger partial charge in [-0.15, -0.1) is 0 Å². The summed E-state index contributed by atoms with van der Waals surface area (Å²) in [5.41, 5.74) is -0.283. The van der Waals surface area contributed by atoms with Gasteiger partial charge < -0.3 is 9.84 Å². The molecule has 1 amide bonds. The van der Waals surface area contributed by atoms with Gasteiger partial charge in [-0.3, -0.25) is 4.79 Å². The van der Waals surface area contributed by atoms with Gasteiger partial charge in [-0.1, -0.05) is 25.9 Å². The molecule has 5 heteroatoms. The highest BCUT2D eigenvalue weighted by Crippen LogP contribution is 2.34. The Labute approximate surface area is 94.6 Å². The Balaban J connectivity index is 2.09. The molecule has 2 rings (SSSR count). The summed E-state index contributed by atoms with van der Waals surface area (Å²) in [6, 6.07) is 0. The molecule has 1 saturated carbocycles. The van der Waals surface area contributed by atoms with Crippen LogP contribution in [0.2, 0.25) is 0 Å². The molecule has 0 unspecified atom stereocenters. The van der Waals surface area contributed by atoms with Crippen LogP contribution in [0.3, 0.4) is 0 Å². The molecule has 1 aromatic heterocycles. The summed E-state index contributed by atoms with van der Waals surface area (Å²) < 4.78 is 5.06. The van der Waals surface area contributed by atoms with Gasteiger partial charge >= 0.3 is 0 Å². The summed E-state index contributed by atoms with van der Waals surface area (Å²) in [5, 5.41) is 6.58. The van der Waals surface area contributed by atoms with E-state index < -0.39 is 0 Å². The van der Waals surface area contributed by atoms with Crippen LogP contribution in [0.1, 0.15) is 57.0 Å². The summed E-state index contributed by atoms with van der Waals surface area (Å²) in [6.45, 7) is 7.90. The van der Waals surface area contributed by atoms with Crippen LogP contribution in [0.4, 0.5) is 0 Å². The van der Waals surface area contributed by atoms with Crippen LogP contribution in [0, 0.1) is 0 Å². The van der Waals surface area contributed by atoms with E-state index in [9.17, 15) is 4.79 Å². The van der Waals surface area contributed by atoms with Crippen LogP contribution in [0.25, 0.3) is 0 Å². The Bertz CT molecular complexity index is 413. The molecule has 16 heavy (non-hydrogen) atoms. The first kappa shape index (κ1) is 11.1. The predicted molar refractivity (Wildman–Crippen MR) is 58.1 cm³/mol. The quantitative estimate of drug-likeness (QED) is 0.827. The molecule has 1 aromatic rings. The van der Waals surface area contributed by atoms with Gasteiger partial charge in [-0.05, 0) is 19.8 Å². The highest BCUT2D eigenvalue weighted by Gasteiger charge is 2.39. The van der Waals surface area contributed by atoms with Gasteiger partial charge in [0.05, 0.1) is 0 Å². The summed E-state index contributed by atoms with van der Waals surface area (Å²) >= 11 is 0. The van der Waals surface area contributed by atoms with Gasteiger partial charge in [0.2, 0.25) is 5.89 Å². The van der Waals surface area contributed by atoms with Gasteiger partial charge in [-0.25, -0.2) is 0 Å². The average molecular weight is 223 g/mol. The van der Waals surface area contributed by atoms with Crippen LogP contribution < -0.4 is 5.32 Å². The number of amides is 1. The van der Waals surface area contributed by atoms with Gasteiger partial charge in [0.25, 0.3) is 11.7 Å². The van der Waals surface area contributed by atoms with E-state index in [1.807, 2.05) is 27.7 Å². The fraction of sp³-hybridized carbons (Fsp3) is 0.727. The normalized spacial score (nSPS) is 18.2. The highest BCUT2D eigenvalue weighted by molar-refractivity contribution is 5.91. The molecule has 0 aromatic carbocycles. The molecule has 1 aliphatic rings. The number of nitrogens with zero attached hydrogens (tertiary/aromatic N) is 2. The lowest BCUT2D eigenvalue weighted by atomic mass is 9.97. The third-order valence-electron chi connectivity index (χ3n) is 2.69. The number of rotatable bonds is 2. The molecule has 1 N–H and O–H groups in total. The molecular formula is C11H17N3O2. The SMILES string of the molecule is CC1(NC(=O)c2noc(C(C)(C)C)n2)CC1. The fourth-order valence-electron chi connectivity index (χ4n) is 1.26. The van der Waals surface area contributed by atoms with E-state index in [0.717, 1.165) is 12.8 Å². The Hall–Kier alpha value is -1.39. The van der Waals surface area contributed by atoms with Gasteiger partial charge in [0.15, 0.2) is 0 Å². The molecule has 88 valence electrons. The third kappa shape index (κ3) is 2.23. The first-order valence-corrected chi connectivity index (χ1v) is 5.47. The lowest BCUT2D eigenvalue weighted by Gasteiger charge is -2.10. The second kappa shape index (κ2) is 3.30. The zero-order valence-electron chi connectivity index (χ0n) is 10.1. The summed E-state index contributed by atoms with van der Waals surface area (Å²) in [7, 11) is 0. The van der Waals surface area contributed by atoms with Crippen LogP contribution in [-0.2, 0) is 5.41 Å². The van der Waals surface area contributed by atoms with E-state index in [1.165, 1.54) is 0 Å². The van der Waals surface area contributed by atoms with Crippen molar-refractivity contribution >= 4 is 5.91 Å². The third-order valence-corrected chi connectivity index (χ3v) is 2.69. The zero-order chi connectivity index (χ0) is 12.0. The molecule has 1 aliphatic carbocycles. The van der Waals surface area contributed by atoms with E-state index in [1.54, 1.807) is 0 Å². The monoisotopic (exact) mass is 223 g/mol. The zero-order valence-corrected chi connectivity index (χ0v) is 10.1. The van der Waals surface area contributed by atoms with Crippen molar-refractivity contribution in [3.05, 3.63) is 11.7 Å². The maximum absolute atomic E-state index is 11.7. The van der Waals surface area contributed by atoms with E-state index in [2.05, 4.69) is 15.5 Å². The number of nitrogens with one attached hydrogen (secondary N) is 1. The number of hydrogen-bond acceptors (Lipinski definition) is 4. The van der Waals surface area contributed by atoms with E-state index in [0.29, 0.717) is 5.89 Å². The standard InChI is InChI=1S/C11H17N3O2/c1-10(2,3)9-12-7(14-16-9)8(15)13-11(4)5-6-11/h5-6H2,1-4H3,(H,13,15). The van der Waals surface area contributed by atoms with Crippen LogP contribution >= 0.6 is 0 Å². The fourth-order valence-corrected chi connectivity index (χ4v) is 1.26. The highest BCUT2D eigenvalue weighted by atomic mass is 16.5. The summed E-state index contributed by atoms with van der Waals surface area (Å²) in [6.07, 6.45) is 2.03. The van der Waals surface area contributed by atoms with Gasteiger partial charge in [0, 0.05) is 11.0 Å². The number of hydrogen-bond donors (Lipinski definition) is 1. The van der Waals surface area contributed by atoms with Crippen LogP contribution in [0.15, 0.2) is 4.52 Å². The molecule has 0 radical (unpaired) electrons. The second-order valence-electron chi connectivity index (χ2n) is 5.69. The maximum Gasteiger partial charge on any atom is 0.293 e. The Kier molecular flexibility index (Phi) is 2.29. The van der Waals surface area contributed by atoms with Crippen molar-refractivity contribution in [2.75, 3.05) is 0 Å². The van der Waals surface area contributed by atoms with E-state index in [4.69, 9.17) is 4.52 Å². The van der Waals surface area contributed by atoms with Crippen molar-refractivity contribution in [1.82, 2.24) is 15.5 Å². The largest absolute Gasteiger partial charge is 0.344 e. The molecule has 0 bridgehead atoms. The van der Waals surface area contributed by atoms with Crippen molar-refractivity contribution in [3.8, 4) is 0 Å². The molecule has 0 aliphatic heterocycles. The lowest BCUT2D eigenvalue weighted by molar-refractivity contribution is 0.0922. The van der Waals surface area contributed by atoms with E-state index >= 15 is 0 Å². The second-order valence-corrected chi connectivity index (χ2v) is 5.69. The topological polar surface area (TPSA) is 68.0 Å².